The summed E-state index contributed by atoms with van der Waals surface area (Å²) in [6.45, 7) is 5.87. The van der Waals surface area contributed by atoms with Crippen molar-refractivity contribution in [2.24, 2.45) is 5.73 Å². The molecule has 0 fully saturated rings. The number of rotatable bonds is 4. The van der Waals surface area contributed by atoms with Gasteiger partial charge < -0.3 is 20.8 Å². The molecule has 0 saturated carbocycles. The lowest BCUT2D eigenvalue weighted by Gasteiger charge is -2.23. The third kappa shape index (κ3) is 4.49. The van der Waals surface area contributed by atoms with Crippen LogP contribution in [0.3, 0.4) is 0 Å². The Morgan fingerprint density at radius 2 is 2.14 bits per heavy atom. The molecule has 0 bridgehead atoms. The fourth-order valence-corrected chi connectivity index (χ4v) is 2.17. The van der Waals surface area contributed by atoms with Gasteiger partial charge in [-0.2, -0.15) is 0 Å². The Morgan fingerprint density at radius 3 is 2.81 bits per heavy atom. The van der Waals surface area contributed by atoms with E-state index < -0.39 is 11.7 Å². The largest absolute Gasteiger partial charge is 0.444 e. The molecule has 1 heterocycles. The number of aromatic amines is 1. The molecule has 0 aliphatic rings. The summed E-state index contributed by atoms with van der Waals surface area (Å²) in [6.07, 6.45) is 2.15. The standard InChI is InChI=1S/C16H23N3O2/c1-16(2,3)21-15(20)19-13(10-17)8-11-4-5-12-6-7-18-14(12)9-11/h4-7,9,13,18H,8,10,17H2,1-3H3,(H,19,20). The molecule has 0 radical (unpaired) electrons. The molecule has 0 saturated heterocycles. The average Bonchev–Trinajstić information content (AvgIpc) is 2.83. The molecule has 1 amide bonds. The van der Waals surface area contributed by atoms with Gasteiger partial charge in [-0.1, -0.05) is 12.1 Å². The van der Waals surface area contributed by atoms with Crippen molar-refractivity contribution < 1.29 is 9.53 Å². The van der Waals surface area contributed by atoms with Gasteiger partial charge in [0, 0.05) is 24.3 Å². The second-order valence-electron chi connectivity index (χ2n) is 6.18. The number of carbonyl (C=O) groups is 1. The number of fused-ring (bicyclic) bond motifs is 1. The fraction of sp³-hybridized carbons (Fsp3) is 0.438. The highest BCUT2D eigenvalue weighted by atomic mass is 16.6. The number of alkyl carbamates (subject to hydrolysis) is 1. The number of benzene rings is 1. The normalized spacial score (nSPS) is 13.1. The van der Waals surface area contributed by atoms with Crippen LogP contribution in [0.2, 0.25) is 0 Å². The van der Waals surface area contributed by atoms with Crippen molar-refractivity contribution in [3.63, 3.8) is 0 Å². The predicted octanol–water partition coefficient (Wildman–Crippen LogP) is 2.56. The van der Waals surface area contributed by atoms with Crippen LogP contribution >= 0.6 is 0 Å². The third-order valence-corrected chi connectivity index (χ3v) is 3.11. The summed E-state index contributed by atoms with van der Waals surface area (Å²) in [5, 5.41) is 3.99. The summed E-state index contributed by atoms with van der Waals surface area (Å²) < 4.78 is 5.25. The number of amides is 1. The van der Waals surface area contributed by atoms with Crippen LogP contribution in [0.5, 0.6) is 0 Å². The molecule has 1 unspecified atom stereocenters. The third-order valence-electron chi connectivity index (χ3n) is 3.11. The lowest BCUT2D eigenvalue weighted by atomic mass is 10.0. The Morgan fingerprint density at radius 1 is 1.38 bits per heavy atom. The maximum Gasteiger partial charge on any atom is 0.407 e. The molecule has 21 heavy (non-hydrogen) atoms. The lowest BCUT2D eigenvalue weighted by molar-refractivity contribution is 0.0506. The van der Waals surface area contributed by atoms with Gasteiger partial charge in [-0.25, -0.2) is 4.79 Å². The lowest BCUT2D eigenvalue weighted by Crippen LogP contribution is -2.44. The molecule has 0 aliphatic carbocycles. The predicted molar refractivity (Wildman–Crippen MR) is 84.2 cm³/mol. The Hall–Kier alpha value is -2.01. The second kappa shape index (κ2) is 6.18. The van der Waals surface area contributed by atoms with Crippen LogP contribution in [0.4, 0.5) is 4.79 Å². The van der Waals surface area contributed by atoms with Crippen molar-refractivity contribution >= 4 is 17.0 Å². The van der Waals surface area contributed by atoms with Gasteiger partial charge in [0.1, 0.15) is 5.60 Å². The quantitative estimate of drug-likeness (QED) is 0.809. The Labute approximate surface area is 124 Å². The van der Waals surface area contributed by atoms with Gasteiger partial charge in [0.15, 0.2) is 0 Å². The molecule has 1 aromatic carbocycles. The Kier molecular flexibility index (Phi) is 4.53. The average molecular weight is 289 g/mol. The number of ether oxygens (including phenoxy) is 1. The van der Waals surface area contributed by atoms with E-state index in [9.17, 15) is 4.79 Å². The van der Waals surface area contributed by atoms with E-state index in [4.69, 9.17) is 10.5 Å². The maximum atomic E-state index is 11.8. The minimum atomic E-state index is -0.508. The van der Waals surface area contributed by atoms with Crippen LogP contribution in [-0.4, -0.2) is 29.3 Å². The van der Waals surface area contributed by atoms with E-state index in [1.165, 1.54) is 5.39 Å². The van der Waals surface area contributed by atoms with Crippen LogP contribution in [0.25, 0.3) is 10.9 Å². The van der Waals surface area contributed by atoms with E-state index in [0.717, 1.165) is 11.1 Å². The van der Waals surface area contributed by atoms with Crippen molar-refractivity contribution in [2.45, 2.75) is 38.8 Å². The zero-order valence-electron chi connectivity index (χ0n) is 12.8. The van der Waals surface area contributed by atoms with Gasteiger partial charge >= 0.3 is 6.09 Å². The first-order chi connectivity index (χ1) is 9.87. The summed E-state index contributed by atoms with van der Waals surface area (Å²) in [4.78, 5) is 15.0. The monoisotopic (exact) mass is 289 g/mol. The van der Waals surface area contributed by atoms with Crippen LogP contribution in [0.1, 0.15) is 26.3 Å². The van der Waals surface area contributed by atoms with Crippen LogP contribution in [0, 0.1) is 0 Å². The number of H-pyrrole nitrogens is 1. The van der Waals surface area contributed by atoms with Crippen molar-refractivity contribution in [1.82, 2.24) is 10.3 Å². The summed E-state index contributed by atoms with van der Waals surface area (Å²) in [7, 11) is 0. The SMILES string of the molecule is CC(C)(C)OC(=O)NC(CN)Cc1ccc2cc[nH]c2c1. The Bertz CT molecular complexity index is 613. The maximum absolute atomic E-state index is 11.8. The van der Waals surface area contributed by atoms with Gasteiger partial charge in [0.25, 0.3) is 0 Å². The summed E-state index contributed by atoms with van der Waals surface area (Å²) in [5.74, 6) is 0. The van der Waals surface area contributed by atoms with Gasteiger partial charge in [0.05, 0.1) is 0 Å². The zero-order valence-corrected chi connectivity index (χ0v) is 12.8. The molecule has 2 aromatic rings. The molecule has 0 aliphatic heterocycles. The van der Waals surface area contributed by atoms with Crippen LogP contribution in [-0.2, 0) is 11.2 Å². The van der Waals surface area contributed by atoms with Crippen molar-refractivity contribution in [2.75, 3.05) is 6.54 Å². The van der Waals surface area contributed by atoms with Crippen LogP contribution in [0.15, 0.2) is 30.5 Å². The molecular formula is C16H23N3O2. The van der Waals surface area contributed by atoms with E-state index in [2.05, 4.69) is 28.5 Å². The van der Waals surface area contributed by atoms with Gasteiger partial charge in [-0.15, -0.1) is 0 Å². The first-order valence-electron chi connectivity index (χ1n) is 7.13. The minimum Gasteiger partial charge on any atom is -0.444 e. The van der Waals surface area contributed by atoms with Crippen molar-refractivity contribution in [3.05, 3.63) is 36.0 Å². The number of hydrogen-bond acceptors (Lipinski definition) is 3. The number of hydrogen-bond donors (Lipinski definition) is 3. The summed E-state index contributed by atoms with van der Waals surface area (Å²) in [5.41, 5.74) is 7.45. The highest BCUT2D eigenvalue weighted by Crippen LogP contribution is 2.15. The number of carbonyl (C=O) groups excluding carboxylic acids is 1. The van der Waals surface area contributed by atoms with Gasteiger partial charge in [-0.05, 0) is 50.3 Å². The first kappa shape index (κ1) is 15.4. The van der Waals surface area contributed by atoms with E-state index in [1.54, 1.807) is 0 Å². The molecule has 4 N–H and O–H groups in total. The first-order valence-corrected chi connectivity index (χ1v) is 7.13. The Balaban J connectivity index is 1.99. The van der Waals surface area contributed by atoms with E-state index in [0.29, 0.717) is 13.0 Å². The molecule has 2 rings (SSSR count). The van der Waals surface area contributed by atoms with Gasteiger partial charge in [0.2, 0.25) is 0 Å². The summed E-state index contributed by atoms with van der Waals surface area (Å²) >= 11 is 0. The molecule has 5 nitrogen and oxygen atoms in total. The van der Waals surface area contributed by atoms with E-state index in [-0.39, 0.29) is 6.04 Å². The fourth-order valence-electron chi connectivity index (χ4n) is 2.17. The molecule has 5 heteroatoms. The number of nitrogens with two attached hydrogens (primary N) is 1. The second-order valence-corrected chi connectivity index (χ2v) is 6.18. The number of aromatic nitrogens is 1. The summed E-state index contributed by atoms with van der Waals surface area (Å²) in [6, 6.07) is 8.07. The van der Waals surface area contributed by atoms with Crippen molar-refractivity contribution in [1.29, 1.82) is 0 Å². The molecule has 0 spiro atoms. The molecule has 1 atom stereocenters. The van der Waals surface area contributed by atoms with Crippen LogP contribution < -0.4 is 11.1 Å². The van der Waals surface area contributed by atoms with Gasteiger partial charge in [-0.3, -0.25) is 0 Å². The number of nitrogens with one attached hydrogen (secondary N) is 2. The topological polar surface area (TPSA) is 80.1 Å². The molecule has 1 aromatic heterocycles. The highest BCUT2D eigenvalue weighted by molar-refractivity contribution is 5.79. The van der Waals surface area contributed by atoms with E-state index in [1.807, 2.05) is 33.0 Å². The van der Waals surface area contributed by atoms with E-state index >= 15 is 0 Å². The zero-order chi connectivity index (χ0) is 15.5. The smallest absolute Gasteiger partial charge is 0.407 e. The highest BCUT2D eigenvalue weighted by Gasteiger charge is 2.19. The molecule has 114 valence electrons. The molecular weight excluding hydrogens is 266 g/mol. The van der Waals surface area contributed by atoms with Crippen molar-refractivity contribution in [3.8, 4) is 0 Å². The minimum absolute atomic E-state index is 0.146.